The van der Waals surface area contributed by atoms with Gasteiger partial charge in [-0.05, 0) is 6.42 Å². The van der Waals surface area contributed by atoms with Crippen molar-refractivity contribution in [3.8, 4) is 5.75 Å². The van der Waals surface area contributed by atoms with Crippen LogP contribution in [0.2, 0.25) is 5.15 Å². The van der Waals surface area contributed by atoms with Crippen molar-refractivity contribution in [2.45, 2.75) is 26.3 Å². The minimum absolute atomic E-state index is 0.00134. The zero-order chi connectivity index (χ0) is 13.8. The molecule has 2 aromatic heterocycles. The van der Waals surface area contributed by atoms with Gasteiger partial charge in [0.25, 0.3) is 5.56 Å². The zero-order valence-corrected chi connectivity index (χ0v) is 11.3. The number of hydrogen-bond acceptors (Lipinski definition) is 6. The van der Waals surface area contributed by atoms with Gasteiger partial charge in [-0.15, -0.1) is 0 Å². The number of rotatable bonds is 5. The molecule has 0 saturated heterocycles. The van der Waals surface area contributed by atoms with Gasteiger partial charge in [0, 0.05) is 6.42 Å². The average Bonchev–Trinajstić information content (AvgIpc) is 2.82. The second-order valence-electron chi connectivity index (χ2n) is 3.86. The van der Waals surface area contributed by atoms with E-state index in [4.69, 9.17) is 20.9 Å². The number of aryl methyl sites for hydroxylation is 1. The van der Waals surface area contributed by atoms with E-state index in [2.05, 4.69) is 15.1 Å². The summed E-state index contributed by atoms with van der Waals surface area (Å²) in [6.45, 7) is 2.18. The van der Waals surface area contributed by atoms with Crippen LogP contribution in [0, 0.1) is 0 Å². The van der Waals surface area contributed by atoms with Crippen LogP contribution in [0.25, 0.3) is 0 Å². The van der Waals surface area contributed by atoms with Gasteiger partial charge in [-0.25, -0.2) is 4.98 Å². The van der Waals surface area contributed by atoms with Crippen molar-refractivity contribution in [2.24, 2.45) is 0 Å². The molecule has 0 saturated carbocycles. The average molecular weight is 285 g/mol. The molecule has 0 fully saturated rings. The van der Waals surface area contributed by atoms with Crippen LogP contribution in [0.5, 0.6) is 5.75 Å². The Balaban J connectivity index is 2.25. The molecule has 0 atom stereocenters. The summed E-state index contributed by atoms with van der Waals surface area (Å²) in [6.07, 6.45) is 2.95. The van der Waals surface area contributed by atoms with Gasteiger partial charge < -0.3 is 9.26 Å². The molecule has 0 spiro atoms. The van der Waals surface area contributed by atoms with Gasteiger partial charge in [0.1, 0.15) is 0 Å². The molecule has 0 aromatic carbocycles. The Hall–Kier alpha value is -1.89. The number of aromatic nitrogens is 4. The van der Waals surface area contributed by atoms with E-state index in [0.29, 0.717) is 18.1 Å². The van der Waals surface area contributed by atoms with Crippen LogP contribution in [-0.2, 0) is 13.0 Å². The van der Waals surface area contributed by atoms with Gasteiger partial charge in [0.2, 0.25) is 11.6 Å². The quantitative estimate of drug-likeness (QED) is 0.769. The van der Waals surface area contributed by atoms with Crippen LogP contribution in [0.4, 0.5) is 0 Å². The molecule has 8 heteroatoms. The van der Waals surface area contributed by atoms with Crippen LogP contribution < -0.4 is 10.3 Å². The molecule has 0 aliphatic rings. The molecule has 0 radical (unpaired) electrons. The summed E-state index contributed by atoms with van der Waals surface area (Å²) in [5.41, 5.74) is -0.385. The second kappa shape index (κ2) is 5.83. The number of halogens is 1. The maximum atomic E-state index is 12.0. The van der Waals surface area contributed by atoms with E-state index in [1.54, 1.807) is 0 Å². The molecule has 0 unspecified atom stereocenters. The Morgan fingerprint density at radius 2 is 2.32 bits per heavy atom. The number of methoxy groups -OCH3 is 1. The Bertz CT molecular complexity index is 623. The molecule has 7 nitrogen and oxygen atoms in total. The molecule has 2 aromatic rings. The van der Waals surface area contributed by atoms with Crippen LogP contribution in [0.3, 0.4) is 0 Å². The van der Waals surface area contributed by atoms with Gasteiger partial charge in [0.15, 0.2) is 11.0 Å². The molecule has 102 valence electrons. The second-order valence-corrected chi connectivity index (χ2v) is 4.21. The van der Waals surface area contributed by atoms with Gasteiger partial charge in [-0.2, -0.15) is 4.98 Å². The first kappa shape index (κ1) is 13.5. The largest absolute Gasteiger partial charge is 0.489 e. The summed E-state index contributed by atoms with van der Waals surface area (Å²) in [6, 6.07) is 0. The minimum atomic E-state index is -0.385. The first-order valence-electron chi connectivity index (χ1n) is 5.76. The van der Waals surface area contributed by atoms with Crippen molar-refractivity contribution in [1.29, 1.82) is 0 Å². The van der Waals surface area contributed by atoms with Crippen molar-refractivity contribution in [2.75, 3.05) is 7.11 Å². The highest BCUT2D eigenvalue weighted by atomic mass is 35.5. The summed E-state index contributed by atoms with van der Waals surface area (Å²) in [7, 11) is 1.36. The Morgan fingerprint density at radius 3 is 3.00 bits per heavy atom. The lowest BCUT2D eigenvalue weighted by Gasteiger charge is -2.05. The van der Waals surface area contributed by atoms with Crippen molar-refractivity contribution in [3.63, 3.8) is 0 Å². The fraction of sp³-hybridized carbons (Fsp3) is 0.455. The van der Waals surface area contributed by atoms with Crippen molar-refractivity contribution >= 4 is 11.6 Å². The van der Waals surface area contributed by atoms with E-state index in [1.165, 1.54) is 18.0 Å². The third-order valence-corrected chi connectivity index (χ3v) is 2.71. The van der Waals surface area contributed by atoms with Gasteiger partial charge in [-0.3, -0.25) is 9.36 Å². The summed E-state index contributed by atoms with van der Waals surface area (Å²) in [5, 5.41) is 3.83. The fourth-order valence-corrected chi connectivity index (χ4v) is 1.76. The van der Waals surface area contributed by atoms with Crippen LogP contribution >= 0.6 is 11.6 Å². The van der Waals surface area contributed by atoms with Crippen molar-refractivity contribution < 1.29 is 9.26 Å². The predicted molar refractivity (Wildman–Crippen MR) is 67.5 cm³/mol. The first-order valence-corrected chi connectivity index (χ1v) is 6.14. The van der Waals surface area contributed by atoms with Crippen LogP contribution in [0.1, 0.15) is 25.1 Å². The molecular weight excluding hydrogens is 272 g/mol. The monoisotopic (exact) mass is 284 g/mol. The smallest absolute Gasteiger partial charge is 0.297 e. The van der Waals surface area contributed by atoms with Gasteiger partial charge in [0.05, 0.1) is 20.0 Å². The standard InChI is InChI=1S/C11H13ClN4O3/c1-3-4-8-14-7(15-19-8)5-16-6-13-10(12)9(18-2)11(16)17/h6H,3-5H2,1-2H3. The van der Waals surface area contributed by atoms with E-state index >= 15 is 0 Å². The normalized spacial score (nSPS) is 10.7. The maximum absolute atomic E-state index is 12.0. The highest BCUT2D eigenvalue weighted by molar-refractivity contribution is 6.30. The molecule has 0 N–H and O–H groups in total. The third-order valence-electron chi connectivity index (χ3n) is 2.44. The third kappa shape index (κ3) is 2.93. The first-order chi connectivity index (χ1) is 9.15. The van der Waals surface area contributed by atoms with Gasteiger partial charge >= 0.3 is 0 Å². The zero-order valence-electron chi connectivity index (χ0n) is 10.6. The van der Waals surface area contributed by atoms with Crippen LogP contribution in [0.15, 0.2) is 15.6 Å². The summed E-state index contributed by atoms with van der Waals surface area (Å²) >= 11 is 5.75. The molecule has 0 bridgehead atoms. The summed E-state index contributed by atoms with van der Waals surface area (Å²) in [5.74, 6) is 0.970. The lowest BCUT2D eigenvalue weighted by molar-refractivity contribution is 0.370. The molecule has 0 amide bonds. The summed E-state index contributed by atoms with van der Waals surface area (Å²) in [4.78, 5) is 20.0. The maximum Gasteiger partial charge on any atom is 0.297 e. The lowest BCUT2D eigenvalue weighted by Crippen LogP contribution is -2.23. The molecular formula is C11H13ClN4O3. The van der Waals surface area contributed by atoms with Crippen molar-refractivity contribution in [1.82, 2.24) is 19.7 Å². The fourth-order valence-electron chi connectivity index (χ4n) is 1.56. The Kier molecular flexibility index (Phi) is 4.16. The SMILES string of the molecule is CCCc1nc(Cn2cnc(Cl)c(OC)c2=O)no1. The summed E-state index contributed by atoms with van der Waals surface area (Å²) < 4.78 is 11.3. The number of nitrogens with zero attached hydrogens (tertiary/aromatic N) is 4. The predicted octanol–water partition coefficient (Wildman–Crippen LogP) is 1.29. The molecule has 2 heterocycles. The molecule has 2 rings (SSSR count). The van der Waals surface area contributed by atoms with Crippen LogP contribution in [-0.4, -0.2) is 26.8 Å². The topological polar surface area (TPSA) is 83.0 Å². The Labute approximate surface area is 114 Å². The number of hydrogen-bond donors (Lipinski definition) is 0. The van der Waals surface area contributed by atoms with E-state index in [9.17, 15) is 4.79 Å². The highest BCUT2D eigenvalue weighted by Crippen LogP contribution is 2.15. The van der Waals surface area contributed by atoms with E-state index in [1.807, 2.05) is 6.92 Å². The van der Waals surface area contributed by atoms with Gasteiger partial charge in [-0.1, -0.05) is 23.7 Å². The molecule has 19 heavy (non-hydrogen) atoms. The molecule has 0 aliphatic carbocycles. The molecule has 0 aliphatic heterocycles. The number of ether oxygens (including phenoxy) is 1. The van der Waals surface area contributed by atoms with Crippen molar-refractivity contribution in [3.05, 3.63) is 33.5 Å². The lowest BCUT2D eigenvalue weighted by atomic mass is 10.3. The Morgan fingerprint density at radius 1 is 1.53 bits per heavy atom. The van der Waals surface area contributed by atoms with E-state index < -0.39 is 0 Å². The van der Waals surface area contributed by atoms with E-state index in [-0.39, 0.29) is 23.0 Å². The highest BCUT2D eigenvalue weighted by Gasteiger charge is 2.13. The minimum Gasteiger partial charge on any atom is -0.489 e. The van der Waals surface area contributed by atoms with E-state index in [0.717, 1.165) is 6.42 Å².